The number of aryl methyl sites for hydroxylation is 1. The van der Waals surface area contributed by atoms with Crippen LogP contribution in [0.2, 0.25) is 10.0 Å². The Morgan fingerprint density at radius 3 is 2.15 bits per heavy atom. The molecule has 286 valence electrons. The Labute approximate surface area is 335 Å². The van der Waals surface area contributed by atoms with Crippen LogP contribution in [0.25, 0.3) is 5.57 Å². The lowest BCUT2D eigenvalue weighted by atomic mass is 9.99. The van der Waals surface area contributed by atoms with E-state index < -0.39 is 0 Å². The number of carbonyl (C=O) groups excluding carboxylic acids is 1. The van der Waals surface area contributed by atoms with Crippen LogP contribution in [0.4, 0.5) is 0 Å². The van der Waals surface area contributed by atoms with Crippen LogP contribution in [0, 0.1) is 6.92 Å². The maximum absolute atomic E-state index is 13.6. The minimum absolute atomic E-state index is 0.0507. The highest BCUT2D eigenvalue weighted by molar-refractivity contribution is 6.32. The Bertz CT molecular complexity index is 2070. The van der Waals surface area contributed by atoms with Gasteiger partial charge in [-0.1, -0.05) is 91.6 Å². The van der Waals surface area contributed by atoms with Gasteiger partial charge in [0.2, 0.25) is 11.8 Å². The lowest BCUT2D eigenvalue weighted by Crippen LogP contribution is -2.48. The summed E-state index contributed by atoms with van der Waals surface area (Å²) in [6.45, 7) is 15.0. The summed E-state index contributed by atoms with van der Waals surface area (Å²) in [4.78, 5) is 22.4. The zero-order valence-electron chi connectivity index (χ0n) is 32.3. The number of benzene rings is 4. The molecule has 0 atom stereocenters. The largest absolute Gasteiger partial charge is 0.493 e. The van der Waals surface area contributed by atoms with Crippen molar-refractivity contribution in [2.24, 2.45) is 0 Å². The van der Waals surface area contributed by atoms with E-state index in [2.05, 4.69) is 72.3 Å². The second kappa shape index (κ2) is 18.7. The molecule has 5 aromatic rings. The summed E-state index contributed by atoms with van der Waals surface area (Å²) in [7, 11) is 0. The molecule has 0 spiro atoms. The fraction of sp³-hybridized carbons (Fsp3) is 0.304. The number of hydrogen-bond donors (Lipinski definition) is 0. The number of rotatable bonds is 14. The Kier molecular flexibility index (Phi) is 13.5. The number of nitrogens with zero attached hydrogens (tertiary/aromatic N) is 3. The smallest absolute Gasteiger partial charge is 0.249 e. The van der Waals surface area contributed by atoms with Crippen molar-refractivity contribution >= 4 is 34.7 Å². The Morgan fingerprint density at radius 1 is 0.800 bits per heavy atom. The van der Waals surface area contributed by atoms with Gasteiger partial charge in [-0.25, -0.2) is 4.98 Å². The maximum atomic E-state index is 13.6. The molecule has 1 aliphatic rings. The second-order valence-electron chi connectivity index (χ2n) is 14.4. The van der Waals surface area contributed by atoms with Gasteiger partial charge < -0.3 is 19.1 Å². The Balaban J connectivity index is 0.970. The molecule has 1 amide bonds. The molecule has 0 unspecified atom stereocenters. The van der Waals surface area contributed by atoms with Crippen LogP contribution >= 0.6 is 23.2 Å². The van der Waals surface area contributed by atoms with Gasteiger partial charge in [-0.2, -0.15) is 0 Å². The van der Waals surface area contributed by atoms with Gasteiger partial charge in [0.05, 0.1) is 17.8 Å². The molecule has 0 aliphatic carbocycles. The van der Waals surface area contributed by atoms with Crippen LogP contribution in [-0.2, 0) is 24.4 Å². The van der Waals surface area contributed by atoms with Crippen molar-refractivity contribution in [3.8, 4) is 23.1 Å². The molecule has 55 heavy (non-hydrogen) atoms. The summed E-state index contributed by atoms with van der Waals surface area (Å²) in [5.41, 5.74) is 8.05. The number of aromatic nitrogens is 1. The van der Waals surface area contributed by atoms with Crippen LogP contribution in [0.5, 0.6) is 23.1 Å². The van der Waals surface area contributed by atoms with Gasteiger partial charge >= 0.3 is 0 Å². The molecule has 2 heterocycles. The number of piperazine rings is 1. The molecule has 0 N–H and O–H groups in total. The van der Waals surface area contributed by atoms with E-state index in [4.69, 9.17) is 37.4 Å². The third-order valence-corrected chi connectivity index (χ3v) is 10.8. The van der Waals surface area contributed by atoms with E-state index in [0.29, 0.717) is 65.2 Å². The number of halogens is 2. The molecule has 4 aromatic carbocycles. The average Bonchev–Trinajstić information content (AvgIpc) is 3.19. The average molecular weight is 779 g/mol. The first kappa shape index (κ1) is 39.9. The molecule has 0 radical (unpaired) electrons. The summed E-state index contributed by atoms with van der Waals surface area (Å²) >= 11 is 13.0. The van der Waals surface area contributed by atoms with Crippen molar-refractivity contribution < 1.29 is 19.0 Å². The molecule has 9 heteroatoms. The first-order valence-corrected chi connectivity index (χ1v) is 19.6. The number of carbonyl (C=O) groups is 1. The number of pyridine rings is 1. The molecule has 1 aromatic heterocycles. The molecule has 1 fully saturated rings. The number of allylic oxidation sites excluding steroid dienone is 1. The molecular formula is C46H49Cl2N3O4. The summed E-state index contributed by atoms with van der Waals surface area (Å²) in [6, 6.07) is 32.1. The van der Waals surface area contributed by atoms with Crippen LogP contribution in [0.3, 0.4) is 0 Å². The van der Waals surface area contributed by atoms with Crippen LogP contribution in [0.15, 0.2) is 109 Å². The van der Waals surface area contributed by atoms with Crippen LogP contribution in [0.1, 0.15) is 67.0 Å². The highest BCUT2D eigenvalue weighted by Gasteiger charge is 2.24. The fourth-order valence-electron chi connectivity index (χ4n) is 6.50. The summed E-state index contributed by atoms with van der Waals surface area (Å²) in [5.74, 6) is 2.98. The minimum Gasteiger partial charge on any atom is -0.493 e. The highest BCUT2D eigenvalue weighted by Crippen LogP contribution is 2.36. The first-order valence-electron chi connectivity index (χ1n) is 18.8. The van der Waals surface area contributed by atoms with Crippen molar-refractivity contribution in [1.29, 1.82) is 0 Å². The van der Waals surface area contributed by atoms with Crippen molar-refractivity contribution in [2.45, 2.75) is 60.1 Å². The monoisotopic (exact) mass is 777 g/mol. The summed E-state index contributed by atoms with van der Waals surface area (Å²) in [6.07, 6.45) is 2.47. The SMILES string of the molecule is C/C(C(=O)N1CCN(Cc2ccc(CCOc3ccc(C(C)C)cc3)cc2)CC1)=C(/C)c1cc(C)c(Oc2ccc(OCc3ccccc3Cl)cn2)c(Cl)c1. The summed E-state index contributed by atoms with van der Waals surface area (Å²) < 4.78 is 17.9. The Morgan fingerprint density at radius 2 is 1.49 bits per heavy atom. The van der Waals surface area contributed by atoms with Gasteiger partial charge in [-0.3, -0.25) is 9.69 Å². The standard InChI is InChI=1S/C46H49Cl2N3O4/c1-31(2)37-14-16-40(17-15-37)53-25-20-35-10-12-36(13-11-35)29-50-21-23-51(24-22-50)46(52)34(5)33(4)39-26-32(3)45(43(48)27-39)55-44-19-18-41(28-49-44)54-30-38-8-6-7-9-42(38)47/h6-19,26-28,31H,20-25,29-30H2,1-5H3/b34-33+. The number of ether oxygens (including phenoxy) is 3. The van der Waals surface area contributed by atoms with E-state index in [0.717, 1.165) is 54.1 Å². The predicted molar refractivity (Wildman–Crippen MR) is 223 cm³/mol. The first-order chi connectivity index (χ1) is 26.5. The molecule has 1 saturated heterocycles. The van der Waals surface area contributed by atoms with Gasteiger partial charge in [-0.15, -0.1) is 0 Å². The molecular weight excluding hydrogens is 729 g/mol. The zero-order chi connectivity index (χ0) is 38.9. The molecule has 0 bridgehead atoms. The predicted octanol–water partition coefficient (Wildman–Crippen LogP) is 11.0. The van der Waals surface area contributed by atoms with Gasteiger partial charge in [0.25, 0.3) is 0 Å². The van der Waals surface area contributed by atoms with Gasteiger partial charge in [0.1, 0.15) is 18.1 Å². The van der Waals surface area contributed by atoms with E-state index in [1.807, 2.05) is 62.1 Å². The van der Waals surface area contributed by atoms with E-state index in [-0.39, 0.29) is 5.91 Å². The normalized spacial score (nSPS) is 13.8. The zero-order valence-corrected chi connectivity index (χ0v) is 33.8. The third kappa shape index (κ3) is 10.7. The van der Waals surface area contributed by atoms with Gasteiger partial charge in [-0.05, 0) is 96.5 Å². The number of amides is 1. The van der Waals surface area contributed by atoms with Crippen molar-refractivity contribution in [2.75, 3.05) is 32.8 Å². The molecule has 6 rings (SSSR count). The van der Waals surface area contributed by atoms with Crippen LogP contribution in [-0.4, -0.2) is 53.5 Å². The number of hydrogen-bond acceptors (Lipinski definition) is 6. The van der Waals surface area contributed by atoms with E-state index >= 15 is 0 Å². The third-order valence-electron chi connectivity index (χ3n) is 10.1. The van der Waals surface area contributed by atoms with E-state index in [1.54, 1.807) is 18.3 Å². The second-order valence-corrected chi connectivity index (χ2v) is 15.2. The summed E-state index contributed by atoms with van der Waals surface area (Å²) in [5, 5.41) is 1.10. The van der Waals surface area contributed by atoms with Crippen molar-refractivity contribution in [1.82, 2.24) is 14.8 Å². The van der Waals surface area contributed by atoms with E-state index in [1.165, 1.54) is 16.7 Å². The van der Waals surface area contributed by atoms with Gasteiger partial charge in [0, 0.05) is 61.4 Å². The lowest BCUT2D eigenvalue weighted by Gasteiger charge is -2.35. The van der Waals surface area contributed by atoms with Crippen molar-refractivity contribution in [3.63, 3.8) is 0 Å². The van der Waals surface area contributed by atoms with Gasteiger partial charge in [0.15, 0.2) is 5.75 Å². The molecule has 0 saturated carbocycles. The van der Waals surface area contributed by atoms with E-state index in [9.17, 15) is 4.79 Å². The molecule has 1 aliphatic heterocycles. The lowest BCUT2D eigenvalue weighted by molar-refractivity contribution is -0.128. The van der Waals surface area contributed by atoms with Crippen molar-refractivity contribution in [3.05, 3.63) is 152 Å². The fourth-order valence-corrected chi connectivity index (χ4v) is 6.99. The maximum Gasteiger partial charge on any atom is 0.249 e. The minimum atomic E-state index is 0.0507. The molecule has 7 nitrogen and oxygen atoms in total. The quantitative estimate of drug-likeness (QED) is 0.105. The van der Waals surface area contributed by atoms with Crippen LogP contribution < -0.4 is 14.2 Å². The Hall–Kier alpha value is -4.82. The highest BCUT2D eigenvalue weighted by atomic mass is 35.5. The topological polar surface area (TPSA) is 64.1 Å².